The van der Waals surface area contributed by atoms with E-state index in [0.29, 0.717) is 5.92 Å². The van der Waals surface area contributed by atoms with Gasteiger partial charge in [0.05, 0.1) is 0 Å². The lowest BCUT2D eigenvalue weighted by Gasteiger charge is -2.00. The lowest BCUT2D eigenvalue weighted by atomic mass is 10.1. The van der Waals surface area contributed by atoms with Crippen LogP contribution >= 0.6 is 0 Å². The zero-order valence-electron chi connectivity index (χ0n) is 8.40. The van der Waals surface area contributed by atoms with E-state index < -0.39 is 0 Å². The van der Waals surface area contributed by atoms with Gasteiger partial charge in [0.1, 0.15) is 0 Å². The van der Waals surface area contributed by atoms with E-state index in [1.165, 1.54) is 12.8 Å². The maximum Gasteiger partial charge on any atom is 0.0175 e. The van der Waals surface area contributed by atoms with Crippen molar-refractivity contribution in [2.45, 2.75) is 46.0 Å². The third-order valence-corrected chi connectivity index (χ3v) is 1.85. The molecule has 70 valence electrons. The molecule has 0 aliphatic carbocycles. The molecule has 1 nitrogen and oxygen atoms in total. The van der Waals surface area contributed by atoms with Gasteiger partial charge in [0.25, 0.3) is 0 Å². The van der Waals surface area contributed by atoms with Crippen LogP contribution in [0.4, 0.5) is 0 Å². The highest BCUT2D eigenvalue weighted by Gasteiger charge is 1.94. The number of unbranched alkanes of at least 4 members (excludes halogenated alkanes) is 2. The summed E-state index contributed by atoms with van der Waals surface area (Å²) in [7, 11) is 0. The number of rotatable bonds is 5. The Hall–Kier alpha value is -0.480. The van der Waals surface area contributed by atoms with E-state index >= 15 is 0 Å². The molecular weight excluding hydrogens is 146 g/mol. The van der Waals surface area contributed by atoms with Gasteiger partial charge in [-0.05, 0) is 25.8 Å². The Kier molecular flexibility index (Phi) is 8.27. The van der Waals surface area contributed by atoms with E-state index in [2.05, 4.69) is 25.7 Å². The molecule has 0 aromatic heterocycles. The van der Waals surface area contributed by atoms with Crippen molar-refractivity contribution < 1.29 is 0 Å². The first kappa shape index (κ1) is 11.5. The molecule has 0 fully saturated rings. The monoisotopic (exact) mass is 167 g/mol. The lowest BCUT2D eigenvalue weighted by Crippen LogP contribution is -2.01. The van der Waals surface area contributed by atoms with E-state index in [1.807, 2.05) is 0 Å². The number of hydrogen-bond acceptors (Lipinski definition) is 1. The predicted molar refractivity (Wildman–Crippen MR) is 54.8 cm³/mol. The van der Waals surface area contributed by atoms with Crippen molar-refractivity contribution in [1.29, 1.82) is 0 Å². The first-order chi connectivity index (χ1) is 5.81. The fraction of sp³-hybridized carbons (Fsp3) is 0.818. The van der Waals surface area contributed by atoms with Crippen molar-refractivity contribution in [2.75, 3.05) is 6.54 Å². The van der Waals surface area contributed by atoms with Crippen LogP contribution in [0.1, 0.15) is 46.0 Å². The second-order valence-electron chi connectivity index (χ2n) is 3.26. The number of hydrogen-bond donors (Lipinski definition) is 1. The molecule has 0 amide bonds. The normalized spacial score (nSPS) is 11.9. The zero-order valence-corrected chi connectivity index (χ0v) is 8.40. The van der Waals surface area contributed by atoms with Gasteiger partial charge in [-0.1, -0.05) is 20.3 Å². The molecule has 0 spiro atoms. The summed E-state index contributed by atoms with van der Waals surface area (Å²) in [4.78, 5) is 0. The smallest absolute Gasteiger partial charge is 0.0175 e. The van der Waals surface area contributed by atoms with Gasteiger partial charge in [0.2, 0.25) is 0 Å². The van der Waals surface area contributed by atoms with Crippen LogP contribution in [0.15, 0.2) is 0 Å². The summed E-state index contributed by atoms with van der Waals surface area (Å²) in [5.41, 5.74) is 5.40. The minimum Gasteiger partial charge on any atom is -0.330 e. The Labute approximate surface area is 76.7 Å². The van der Waals surface area contributed by atoms with E-state index in [1.54, 1.807) is 0 Å². The van der Waals surface area contributed by atoms with Crippen LogP contribution in [0.2, 0.25) is 0 Å². The van der Waals surface area contributed by atoms with Crippen molar-refractivity contribution in [3.05, 3.63) is 0 Å². The molecule has 0 saturated carbocycles. The molecule has 0 radical (unpaired) electrons. The minimum atomic E-state index is 0.533. The Morgan fingerprint density at radius 1 is 1.33 bits per heavy atom. The largest absolute Gasteiger partial charge is 0.330 e. The van der Waals surface area contributed by atoms with E-state index in [-0.39, 0.29) is 0 Å². The first-order valence-electron chi connectivity index (χ1n) is 4.99. The first-order valence-corrected chi connectivity index (χ1v) is 4.99. The van der Waals surface area contributed by atoms with E-state index in [4.69, 9.17) is 5.73 Å². The highest BCUT2D eigenvalue weighted by molar-refractivity contribution is 5.02. The van der Waals surface area contributed by atoms with Gasteiger partial charge < -0.3 is 5.73 Å². The molecule has 12 heavy (non-hydrogen) atoms. The van der Waals surface area contributed by atoms with Crippen molar-refractivity contribution in [3.8, 4) is 11.8 Å². The van der Waals surface area contributed by atoms with Crippen LogP contribution in [-0.4, -0.2) is 6.54 Å². The van der Waals surface area contributed by atoms with Gasteiger partial charge in [-0.25, -0.2) is 0 Å². The molecule has 1 heteroatoms. The maximum absolute atomic E-state index is 5.40. The Bertz CT molecular complexity index is 141. The van der Waals surface area contributed by atoms with E-state index in [9.17, 15) is 0 Å². The summed E-state index contributed by atoms with van der Waals surface area (Å²) in [6.45, 7) is 5.16. The van der Waals surface area contributed by atoms with Gasteiger partial charge >= 0.3 is 0 Å². The third kappa shape index (κ3) is 7.63. The van der Waals surface area contributed by atoms with Gasteiger partial charge in [0.15, 0.2) is 0 Å². The second kappa shape index (κ2) is 8.62. The van der Waals surface area contributed by atoms with Gasteiger partial charge in [-0.2, -0.15) is 0 Å². The van der Waals surface area contributed by atoms with Gasteiger partial charge in [0, 0.05) is 12.3 Å². The molecule has 1 unspecified atom stereocenters. The number of nitrogens with two attached hydrogens (primary N) is 1. The van der Waals surface area contributed by atoms with Crippen LogP contribution in [0.25, 0.3) is 0 Å². The summed E-state index contributed by atoms with van der Waals surface area (Å²) in [5.74, 6) is 6.98. The molecule has 0 heterocycles. The molecule has 0 rings (SSSR count). The SMILES string of the molecule is CCCCC#CC(C)CCCN. The summed E-state index contributed by atoms with van der Waals surface area (Å²) in [6.07, 6.45) is 5.78. The zero-order chi connectivity index (χ0) is 9.23. The van der Waals surface area contributed by atoms with Crippen LogP contribution in [0.3, 0.4) is 0 Å². The molecule has 0 aliphatic heterocycles. The Balaban J connectivity index is 3.36. The molecule has 0 aromatic rings. The summed E-state index contributed by atoms with van der Waals surface area (Å²) in [6, 6.07) is 0. The van der Waals surface area contributed by atoms with Crippen molar-refractivity contribution in [3.63, 3.8) is 0 Å². The molecule has 2 N–H and O–H groups in total. The average Bonchev–Trinajstić information content (AvgIpc) is 2.09. The van der Waals surface area contributed by atoms with Gasteiger partial charge in [-0.3, -0.25) is 0 Å². The Morgan fingerprint density at radius 2 is 2.08 bits per heavy atom. The van der Waals surface area contributed by atoms with Crippen LogP contribution < -0.4 is 5.73 Å². The highest BCUT2D eigenvalue weighted by atomic mass is 14.5. The predicted octanol–water partition coefficient (Wildman–Crippen LogP) is 2.56. The molecule has 1 atom stereocenters. The van der Waals surface area contributed by atoms with Crippen LogP contribution in [0, 0.1) is 17.8 Å². The summed E-state index contributed by atoms with van der Waals surface area (Å²) < 4.78 is 0. The highest BCUT2D eigenvalue weighted by Crippen LogP contribution is 2.02. The minimum absolute atomic E-state index is 0.533. The summed E-state index contributed by atoms with van der Waals surface area (Å²) >= 11 is 0. The molecule has 0 saturated heterocycles. The molecule has 0 aromatic carbocycles. The Morgan fingerprint density at radius 3 is 2.67 bits per heavy atom. The maximum atomic E-state index is 5.40. The van der Waals surface area contributed by atoms with E-state index in [0.717, 1.165) is 25.8 Å². The fourth-order valence-electron chi connectivity index (χ4n) is 1.01. The quantitative estimate of drug-likeness (QED) is 0.494. The standard InChI is InChI=1S/C11H21N/c1-3-4-5-6-8-11(2)9-7-10-12/h11H,3-5,7,9-10,12H2,1-2H3. The molecule has 0 aliphatic rings. The second-order valence-corrected chi connectivity index (χ2v) is 3.26. The topological polar surface area (TPSA) is 26.0 Å². The van der Waals surface area contributed by atoms with Crippen LogP contribution in [0.5, 0.6) is 0 Å². The van der Waals surface area contributed by atoms with Gasteiger partial charge in [-0.15, -0.1) is 11.8 Å². The van der Waals surface area contributed by atoms with Crippen LogP contribution in [-0.2, 0) is 0 Å². The fourth-order valence-corrected chi connectivity index (χ4v) is 1.01. The lowest BCUT2D eigenvalue weighted by molar-refractivity contribution is 0.629. The average molecular weight is 167 g/mol. The summed E-state index contributed by atoms with van der Waals surface area (Å²) in [5, 5.41) is 0. The third-order valence-electron chi connectivity index (χ3n) is 1.85. The van der Waals surface area contributed by atoms with Crippen molar-refractivity contribution in [1.82, 2.24) is 0 Å². The molecular formula is C11H21N. The molecule has 0 bridgehead atoms. The van der Waals surface area contributed by atoms with Crippen molar-refractivity contribution >= 4 is 0 Å². The van der Waals surface area contributed by atoms with Crippen molar-refractivity contribution in [2.24, 2.45) is 11.7 Å².